The number of benzene rings is 1. The van der Waals surface area contributed by atoms with E-state index in [0.717, 1.165) is 43.5 Å². The van der Waals surface area contributed by atoms with Crippen LogP contribution in [0.4, 0.5) is 0 Å². The molecule has 1 saturated carbocycles. The highest BCUT2D eigenvalue weighted by atomic mass is 16.3. The van der Waals surface area contributed by atoms with E-state index in [-0.39, 0.29) is 6.10 Å². The molecule has 100 valence electrons. The smallest absolute Gasteiger partial charge is 0.121 e. The van der Waals surface area contributed by atoms with Gasteiger partial charge in [0.1, 0.15) is 5.75 Å². The maximum Gasteiger partial charge on any atom is 0.121 e. The van der Waals surface area contributed by atoms with Crippen LogP contribution in [-0.4, -0.2) is 22.9 Å². The van der Waals surface area contributed by atoms with Crippen molar-refractivity contribution in [3.8, 4) is 5.75 Å². The normalized spacial score (nSPS) is 23.5. The van der Waals surface area contributed by atoms with E-state index < -0.39 is 0 Å². The Bertz CT molecular complexity index is 394. The van der Waals surface area contributed by atoms with Crippen LogP contribution in [0.1, 0.15) is 36.0 Å². The molecule has 1 fully saturated rings. The lowest BCUT2D eigenvalue weighted by Gasteiger charge is -2.15. The van der Waals surface area contributed by atoms with E-state index in [2.05, 4.69) is 5.32 Å². The number of aromatic hydroxyl groups is 1. The van der Waals surface area contributed by atoms with E-state index in [1.807, 2.05) is 26.0 Å². The van der Waals surface area contributed by atoms with Gasteiger partial charge in [0.05, 0.1) is 6.10 Å². The second kappa shape index (κ2) is 5.72. The summed E-state index contributed by atoms with van der Waals surface area (Å²) in [6, 6.07) is 4.03. The molecular formula is C15H23NO2. The van der Waals surface area contributed by atoms with Gasteiger partial charge in [-0.1, -0.05) is 18.6 Å². The maximum atomic E-state index is 9.74. The van der Waals surface area contributed by atoms with Gasteiger partial charge in [-0.05, 0) is 49.3 Å². The van der Waals surface area contributed by atoms with E-state index in [9.17, 15) is 10.2 Å². The average Bonchev–Trinajstić information content (AvgIpc) is 2.72. The Kier molecular flexibility index (Phi) is 4.25. The monoisotopic (exact) mass is 249 g/mol. The zero-order chi connectivity index (χ0) is 13.1. The molecule has 3 heteroatoms. The minimum absolute atomic E-state index is 0.124. The van der Waals surface area contributed by atoms with Crippen molar-refractivity contribution < 1.29 is 10.2 Å². The number of aryl methyl sites for hydroxylation is 2. The van der Waals surface area contributed by atoms with Gasteiger partial charge in [-0.2, -0.15) is 0 Å². The fourth-order valence-electron chi connectivity index (χ4n) is 2.80. The summed E-state index contributed by atoms with van der Waals surface area (Å²) in [7, 11) is 0. The number of phenols is 1. The first-order valence-corrected chi connectivity index (χ1v) is 6.76. The molecule has 1 aliphatic carbocycles. The number of nitrogens with one attached hydrogen (secondary N) is 1. The van der Waals surface area contributed by atoms with Crippen LogP contribution in [0.3, 0.4) is 0 Å². The molecule has 2 rings (SSSR count). The van der Waals surface area contributed by atoms with Crippen molar-refractivity contribution >= 4 is 0 Å². The topological polar surface area (TPSA) is 52.5 Å². The molecule has 0 radical (unpaired) electrons. The van der Waals surface area contributed by atoms with E-state index in [1.54, 1.807) is 0 Å². The molecule has 0 aliphatic heterocycles. The molecule has 18 heavy (non-hydrogen) atoms. The van der Waals surface area contributed by atoms with E-state index in [4.69, 9.17) is 0 Å². The summed E-state index contributed by atoms with van der Waals surface area (Å²) >= 11 is 0. The summed E-state index contributed by atoms with van der Waals surface area (Å²) in [5.41, 5.74) is 3.04. The van der Waals surface area contributed by atoms with Crippen molar-refractivity contribution in [2.24, 2.45) is 5.92 Å². The van der Waals surface area contributed by atoms with Gasteiger partial charge >= 0.3 is 0 Å². The Morgan fingerprint density at radius 1 is 1.22 bits per heavy atom. The summed E-state index contributed by atoms with van der Waals surface area (Å²) in [6.45, 7) is 5.52. The van der Waals surface area contributed by atoms with Crippen LogP contribution >= 0.6 is 0 Å². The Balaban J connectivity index is 1.87. The van der Waals surface area contributed by atoms with Crippen LogP contribution in [-0.2, 0) is 6.54 Å². The first-order chi connectivity index (χ1) is 8.58. The molecule has 3 nitrogen and oxygen atoms in total. The minimum atomic E-state index is -0.124. The maximum absolute atomic E-state index is 9.74. The lowest BCUT2D eigenvalue weighted by Crippen LogP contribution is -2.27. The standard InChI is InChI=1S/C15H23NO2/c1-10-6-12(7-11(2)15(10)18)8-16-9-13-4-3-5-14(13)17/h6-7,13-14,16-18H,3-5,8-9H2,1-2H3. The molecule has 2 unspecified atom stereocenters. The van der Waals surface area contributed by atoms with E-state index in [1.165, 1.54) is 5.56 Å². The van der Waals surface area contributed by atoms with Crippen molar-refractivity contribution in [1.82, 2.24) is 5.32 Å². The Morgan fingerprint density at radius 2 is 1.89 bits per heavy atom. The lowest BCUT2D eigenvalue weighted by atomic mass is 10.0. The number of aliphatic hydroxyl groups is 1. The van der Waals surface area contributed by atoms with Gasteiger partial charge in [0.2, 0.25) is 0 Å². The zero-order valence-corrected chi connectivity index (χ0v) is 11.2. The third-order valence-corrected chi connectivity index (χ3v) is 3.91. The van der Waals surface area contributed by atoms with Gasteiger partial charge in [-0.3, -0.25) is 0 Å². The number of aliphatic hydroxyl groups excluding tert-OH is 1. The average molecular weight is 249 g/mol. The third kappa shape index (κ3) is 3.03. The third-order valence-electron chi connectivity index (χ3n) is 3.91. The number of hydrogen-bond donors (Lipinski definition) is 3. The summed E-state index contributed by atoms with van der Waals surface area (Å²) in [4.78, 5) is 0. The quantitative estimate of drug-likeness (QED) is 0.767. The van der Waals surface area contributed by atoms with Gasteiger partial charge < -0.3 is 15.5 Å². The molecule has 0 heterocycles. The predicted octanol–water partition coefficient (Wildman–Crippen LogP) is 2.26. The summed E-state index contributed by atoms with van der Waals surface area (Å²) in [5.74, 6) is 0.800. The van der Waals surface area contributed by atoms with Crippen LogP contribution < -0.4 is 5.32 Å². The molecule has 1 aromatic carbocycles. The van der Waals surface area contributed by atoms with Crippen molar-refractivity contribution in [2.75, 3.05) is 6.54 Å². The highest BCUT2D eigenvalue weighted by Crippen LogP contribution is 2.25. The van der Waals surface area contributed by atoms with Crippen LogP contribution in [0, 0.1) is 19.8 Å². The van der Waals surface area contributed by atoms with Crippen LogP contribution in [0.15, 0.2) is 12.1 Å². The lowest BCUT2D eigenvalue weighted by molar-refractivity contribution is 0.131. The van der Waals surface area contributed by atoms with Gasteiger partial charge in [0.25, 0.3) is 0 Å². The minimum Gasteiger partial charge on any atom is -0.507 e. The zero-order valence-electron chi connectivity index (χ0n) is 11.2. The van der Waals surface area contributed by atoms with Gasteiger partial charge in [0, 0.05) is 13.1 Å². The highest BCUT2D eigenvalue weighted by molar-refractivity contribution is 5.42. The molecule has 2 atom stereocenters. The van der Waals surface area contributed by atoms with Gasteiger partial charge in [-0.25, -0.2) is 0 Å². The van der Waals surface area contributed by atoms with Crippen LogP contribution in [0.2, 0.25) is 0 Å². The second-order valence-corrected chi connectivity index (χ2v) is 5.47. The molecule has 0 aromatic heterocycles. The fraction of sp³-hybridized carbons (Fsp3) is 0.600. The molecule has 0 amide bonds. The molecule has 0 spiro atoms. The summed E-state index contributed by atoms with van der Waals surface area (Å²) < 4.78 is 0. The first-order valence-electron chi connectivity index (χ1n) is 6.76. The van der Waals surface area contributed by atoms with Crippen LogP contribution in [0.25, 0.3) is 0 Å². The van der Waals surface area contributed by atoms with E-state index >= 15 is 0 Å². The highest BCUT2D eigenvalue weighted by Gasteiger charge is 2.24. The first kappa shape index (κ1) is 13.4. The van der Waals surface area contributed by atoms with Crippen molar-refractivity contribution in [3.05, 3.63) is 28.8 Å². The largest absolute Gasteiger partial charge is 0.507 e. The number of hydrogen-bond acceptors (Lipinski definition) is 3. The molecule has 1 aliphatic rings. The second-order valence-electron chi connectivity index (χ2n) is 5.47. The Labute approximate surface area is 109 Å². The molecule has 0 saturated heterocycles. The van der Waals surface area contributed by atoms with E-state index in [0.29, 0.717) is 11.7 Å². The molecular weight excluding hydrogens is 226 g/mol. The van der Waals surface area contributed by atoms with Crippen LogP contribution in [0.5, 0.6) is 5.75 Å². The van der Waals surface area contributed by atoms with Crippen molar-refractivity contribution in [2.45, 2.75) is 45.8 Å². The molecule has 1 aromatic rings. The summed E-state index contributed by atoms with van der Waals surface area (Å²) in [6.07, 6.45) is 3.09. The van der Waals surface area contributed by atoms with Gasteiger partial charge in [-0.15, -0.1) is 0 Å². The SMILES string of the molecule is Cc1cc(CNCC2CCCC2O)cc(C)c1O. The van der Waals surface area contributed by atoms with Crippen molar-refractivity contribution in [3.63, 3.8) is 0 Å². The molecule has 0 bridgehead atoms. The predicted molar refractivity (Wildman–Crippen MR) is 72.6 cm³/mol. The number of phenolic OH excluding ortho intramolecular Hbond substituents is 1. The Morgan fingerprint density at radius 3 is 2.44 bits per heavy atom. The van der Waals surface area contributed by atoms with Gasteiger partial charge in [0.15, 0.2) is 0 Å². The molecule has 3 N–H and O–H groups in total. The number of rotatable bonds is 4. The Hall–Kier alpha value is -1.06. The van der Waals surface area contributed by atoms with Crippen molar-refractivity contribution in [1.29, 1.82) is 0 Å². The fourth-order valence-corrected chi connectivity index (χ4v) is 2.80. The summed E-state index contributed by atoms with van der Waals surface area (Å²) in [5, 5.41) is 22.9.